The highest BCUT2D eigenvalue weighted by atomic mass is 16.8. The number of hydrogen-bond donors (Lipinski definition) is 8. The van der Waals surface area contributed by atoms with E-state index < -0.39 is 79.2 Å². The summed E-state index contributed by atoms with van der Waals surface area (Å²) in [5.74, 6) is -0.968. The maximum atomic E-state index is 13.0. The van der Waals surface area contributed by atoms with Crippen LogP contribution in [0.1, 0.15) is 6.92 Å². The number of benzene rings is 2. The zero-order valence-corrected chi connectivity index (χ0v) is 22.9. The third-order valence-electron chi connectivity index (χ3n) is 7.42. The average Bonchev–Trinajstić information content (AvgIpc) is 2.98. The van der Waals surface area contributed by atoms with Gasteiger partial charge in [0, 0.05) is 17.7 Å². The highest BCUT2D eigenvalue weighted by molar-refractivity contribution is 5.91. The first-order chi connectivity index (χ1) is 20.4. The largest absolute Gasteiger partial charge is 0.508 e. The molecule has 3 aromatic rings. The first-order valence-electron chi connectivity index (χ1n) is 13.3. The Morgan fingerprint density at radius 1 is 0.860 bits per heavy atom. The smallest absolute Gasteiger partial charge is 0.229 e. The van der Waals surface area contributed by atoms with Crippen molar-refractivity contribution in [3.8, 4) is 34.3 Å². The molecule has 2 aromatic carbocycles. The minimum Gasteiger partial charge on any atom is -0.508 e. The minimum absolute atomic E-state index is 0.0122. The Bertz CT molecular complexity index is 1490. The van der Waals surface area contributed by atoms with E-state index in [0.29, 0.717) is 5.56 Å². The number of aliphatic hydroxyl groups excluding tert-OH is 6. The molecule has 43 heavy (non-hydrogen) atoms. The maximum Gasteiger partial charge on any atom is 0.229 e. The zero-order chi connectivity index (χ0) is 31.2. The Labute approximate surface area is 243 Å². The number of aliphatic hydroxyl groups is 6. The van der Waals surface area contributed by atoms with Gasteiger partial charge < -0.3 is 69.0 Å². The number of phenolic OH excluding ortho intramolecular Hbond substituents is 2. The van der Waals surface area contributed by atoms with Gasteiger partial charge in [0.25, 0.3) is 0 Å². The summed E-state index contributed by atoms with van der Waals surface area (Å²) in [5.41, 5.74) is -0.430. The van der Waals surface area contributed by atoms with Crippen LogP contribution < -0.4 is 14.9 Å². The highest BCUT2D eigenvalue weighted by Gasteiger charge is 2.51. The van der Waals surface area contributed by atoms with Crippen molar-refractivity contribution in [1.29, 1.82) is 0 Å². The molecule has 1 aromatic heterocycles. The van der Waals surface area contributed by atoms with Crippen LogP contribution in [0.4, 0.5) is 0 Å². The molecule has 0 aliphatic carbocycles. The lowest BCUT2D eigenvalue weighted by Gasteiger charge is -2.45. The van der Waals surface area contributed by atoms with Crippen LogP contribution in [0.25, 0.3) is 22.3 Å². The van der Waals surface area contributed by atoms with Gasteiger partial charge in [-0.3, -0.25) is 4.79 Å². The molecular weight excluding hydrogens is 576 g/mol. The summed E-state index contributed by atoms with van der Waals surface area (Å²) in [5, 5.41) is 82.0. The van der Waals surface area contributed by atoms with Crippen molar-refractivity contribution in [1.82, 2.24) is 0 Å². The van der Waals surface area contributed by atoms with E-state index in [0.717, 1.165) is 12.1 Å². The second kappa shape index (κ2) is 12.2. The van der Waals surface area contributed by atoms with E-state index in [9.17, 15) is 45.6 Å². The Morgan fingerprint density at radius 2 is 1.56 bits per heavy atom. The molecule has 3 heterocycles. The van der Waals surface area contributed by atoms with Crippen molar-refractivity contribution < 1.29 is 69.0 Å². The molecule has 0 amide bonds. The molecule has 2 fully saturated rings. The summed E-state index contributed by atoms with van der Waals surface area (Å²) < 4.78 is 34.1. The third-order valence-corrected chi connectivity index (χ3v) is 7.42. The van der Waals surface area contributed by atoms with Gasteiger partial charge >= 0.3 is 0 Å². The molecule has 0 radical (unpaired) electrons. The van der Waals surface area contributed by atoms with Crippen LogP contribution in [0.5, 0.6) is 23.0 Å². The van der Waals surface area contributed by atoms with E-state index in [1.54, 1.807) is 0 Å². The van der Waals surface area contributed by atoms with Crippen molar-refractivity contribution >= 4 is 11.0 Å². The van der Waals surface area contributed by atoms with Crippen LogP contribution in [0, 0.1) is 0 Å². The molecule has 2 aliphatic rings. The summed E-state index contributed by atoms with van der Waals surface area (Å²) in [4.78, 5) is 13.0. The summed E-state index contributed by atoms with van der Waals surface area (Å²) in [6.07, 6.45) is -15.7. The molecule has 10 unspecified atom stereocenters. The van der Waals surface area contributed by atoms with E-state index in [1.165, 1.54) is 38.3 Å². The van der Waals surface area contributed by atoms with Gasteiger partial charge in [-0.2, -0.15) is 0 Å². The van der Waals surface area contributed by atoms with Crippen LogP contribution in [0.3, 0.4) is 0 Å². The first kappa shape index (κ1) is 30.9. The summed E-state index contributed by atoms with van der Waals surface area (Å²) in [7, 11) is 1.23. The van der Waals surface area contributed by atoms with Gasteiger partial charge in [0.15, 0.2) is 29.2 Å². The highest BCUT2D eigenvalue weighted by Crippen LogP contribution is 2.43. The van der Waals surface area contributed by atoms with Crippen LogP contribution in [0.2, 0.25) is 0 Å². The van der Waals surface area contributed by atoms with E-state index >= 15 is 0 Å². The monoisotopic (exact) mass is 608 g/mol. The standard InChI is InChI=1S/C28H32O15/c1-10-19(33)21(35)23(37)27(39-10)43-26-22(36)20(34)17(9-29)42-28(26)41-16-8-14(32)18-13(31)7-15(40-25(18)24(16)38-2)11-3-5-12(30)6-4-11/h3-8,10,17,19-23,26-30,32-37H,9H2,1-2H3. The lowest BCUT2D eigenvalue weighted by molar-refractivity contribution is -0.354. The SMILES string of the molecule is COc1c(OC2OC(CO)C(O)C(O)C2OC2OC(C)C(O)C(O)C2O)cc(O)c2c(=O)cc(-c3ccc(O)cc3)oc12. The van der Waals surface area contributed by atoms with E-state index in [2.05, 4.69) is 0 Å². The molecule has 8 N–H and O–H groups in total. The summed E-state index contributed by atoms with van der Waals surface area (Å²) in [6, 6.07) is 7.96. The lowest BCUT2D eigenvalue weighted by Crippen LogP contribution is -2.64. The summed E-state index contributed by atoms with van der Waals surface area (Å²) >= 11 is 0. The van der Waals surface area contributed by atoms with Crippen LogP contribution in [-0.2, 0) is 14.2 Å². The van der Waals surface area contributed by atoms with Crippen LogP contribution in [-0.4, -0.2) is 116 Å². The average molecular weight is 609 g/mol. The van der Waals surface area contributed by atoms with Crippen LogP contribution >= 0.6 is 0 Å². The van der Waals surface area contributed by atoms with Crippen molar-refractivity contribution in [3.63, 3.8) is 0 Å². The Kier molecular flexibility index (Phi) is 8.80. The summed E-state index contributed by atoms with van der Waals surface area (Å²) in [6.45, 7) is 0.664. The van der Waals surface area contributed by atoms with Crippen molar-refractivity contribution in [3.05, 3.63) is 46.6 Å². The molecule has 0 spiro atoms. The number of rotatable bonds is 7. The van der Waals surface area contributed by atoms with Gasteiger partial charge in [0.2, 0.25) is 12.0 Å². The van der Waals surface area contributed by atoms with Gasteiger partial charge in [-0.15, -0.1) is 0 Å². The van der Waals surface area contributed by atoms with Gasteiger partial charge in [-0.25, -0.2) is 0 Å². The Hall–Kier alpha value is -3.51. The number of hydrogen-bond acceptors (Lipinski definition) is 15. The molecule has 5 rings (SSSR count). The Morgan fingerprint density at radius 3 is 2.21 bits per heavy atom. The molecule has 2 saturated heterocycles. The fraction of sp³-hybridized carbons (Fsp3) is 0.464. The molecular formula is C28H32O15. The number of aromatic hydroxyl groups is 2. The fourth-order valence-electron chi connectivity index (χ4n) is 5.02. The number of phenols is 2. The van der Waals surface area contributed by atoms with E-state index in [1.807, 2.05) is 0 Å². The van der Waals surface area contributed by atoms with Gasteiger partial charge in [0.1, 0.15) is 59.3 Å². The predicted molar refractivity (Wildman–Crippen MR) is 143 cm³/mol. The van der Waals surface area contributed by atoms with Crippen molar-refractivity contribution in [2.75, 3.05) is 13.7 Å². The molecule has 15 heteroatoms. The molecule has 2 aliphatic heterocycles. The third kappa shape index (κ3) is 5.74. The normalized spacial score (nSPS) is 32.9. The fourth-order valence-corrected chi connectivity index (χ4v) is 5.02. The number of fused-ring (bicyclic) bond motifs is 1. The minimum atomic E-state index is -1.80. The second-order valence-corrected chi connectivity index (χ2v) is 10.3. The molecule has 0 saturated carbocycles. The molecule has 234 valence electrons. The van der Waals surface area contributed by atoms with Gasteiger partial charge in [-0.1, -0.05) is 0 Å². The number of methoxy groups -OCH3 is 1. The topological polar surface area (TPSA) is 238 Å². The maximum absolute atomic E-state index is 13.0. The first-order valence-corrected chi connectivity index (χ1v) is 13.3. The molecule has 15 nitrogen and oxygen atoms in total. The zero-order valence-electron chi connectivity index (χ0n) is 22.9. The van der Waals surface area contributed by atoms with Gasteiger partial charge in [0.05, 0.1) is 19.8 Å². The lowest BCUT2D eigenvalue weighted by atomic mass is 9.97. The van der Waals surface area contributed by atoms with Gasteiger partial charge in [-0.05, 0) is 31.2 Å². The van der Waals surface area contributed by atoms with E-state index in [-0.39, 0.29) is 34.0 Å². The predicted octanol–water partition coefficient (Wildman–Crippen LogP) is -1.09. The van der Waals surface area contributed by atoms with Crippen molar-refractivity contribution in [2.45, 2.75) is 68.3 Å². The second-order valence-electron chi connectivity index (χ2n) is 10.3. The Balaban J connectivity index is 1.54. The number of ether oxygens (including phenoxy) is 5. The van der Waals surface area contributed by atoms with E-state index in [4.69, 9.17) is 28.1 Å². The molecule has 0 bridgehead atoms. The molecule has 10 atom stereocenters. The quantitative estimate of drug-likeness (QED) is 0.159. The van der Waals surface area contributed by atoms with Crippen molar-refractivity contribution in [2.24, 2.45) is 0 Å². The van der Waals surface area contributed by atoms with Crippen LogP contribution in [0.15, 0.2) is 45.6 Å².